The summed E-state index contributed by atoms with van der Waals surface area (Å²) < 4.78 is 0. The number of thiol groups is 2. The Bertz CT molecular complexity index is 2280. The lowest BCUT2D eigenvalue weighted by Crippen LogP contribution is -2.60. The standard InChI is InChI=1S/C48H80N16O14S2/c1-25(2)18-31(61-47(78)36(24-80)56-26(3)67)43(74)60-30(14-15-37(50)68)42(73)59-29(12-7-8-16-49)41(72)62-32(19-27-10-5-4-6-11-27)44(75)58-28(13-9-17-54-48(52)53)40(71)55-20-38(69)57-33(21-65)45(76)63-34(22-66)46(77)64-35(23-79)39(51)70/h4-6,10-11,25,28-36,65-66,79-80H,7-9,12-24,49H2,1-3H3,(H2,50,68)(H2,51,70)(H,55,71)(H,56,67)(H,57,69)(H,58,75)(H,59,73)(H,60,74)(H,61,78)(H,62,72)(H,63,76)(H,64,77)(H4,52,53,54)/t28-,29-,30-,31-,32-,33-,34-,35-,36-/m0/s1. The quantitative estimate of drug-likeness (QED) is 0.0126. The Morgan fingerprint density at radius 2 is 0.988 bits per heavy atom. The summed E-state index contributed by atoms with van der Waals surface area (Å²) in [5.74, 6) is -11.5. The first-order valence-electron chi connectivity index (χ1n) is 25.6. The van der Waals surface area contributed by atoms with Gasteiger partial charge in [0.05, 0.1) is 19.8 Å². The van der Waals surface area contributed by atoms with E-state index in [2.05, 4.69) is 83.4 Å². The minimum absolute atomic E-state index is 0.0160. The number of aliphatic hydroxyl groups excluding tert-OH is 2. The fourth-order valence-electron chi connectivity index (χ4n) is 7.33. The lowest BCUT2D eigenvalue weighted by atomic mass is 10.0. The maximum Gasteiger partial charge on any atom is 0.245 e. The van der Waals surface area contributed by atoms with Crippen LogP contribution in [0.3, 0.4) is 0 Å². The summed E-state index contributed by atoms with van der Waals surface area (Å²) in [6.07, 6.45) is -0.290. The van der Waals surface area contributed by atoms with Crippen LogP contribution in [0, 0.1) is 5.92 Å². The molecule has 1 rings (SSSR count). The molecular weight excluding hydrogens is 1090 g/mol. The second kappa shape index (κ2) is 38.3. The third-order valence-corrected chi connectivity index (χ3v) is 12.2. The predicted octanol–water partition coefficient (Wildman–Crippen LogP) is -7.45. The number of carbonyl (C=O) groups is 12. The van der Waals surface area contributed by atoms with Gasteiger partial charge in [-0.05, 0) is 63.0 Å². The normalized spacial score (nSPS) is 14.3. The summed E-state index contributed by atoms with van der Waals surface area (Å²) >= 11 is 8.04. The average molecular weight is 1170 g/mol. The lowest BCUT2D eigenvalue weighted by molar-refractivity contribution is -0.136. The van der Waals surface area contributed by atoms with Crippen LogP contribution in [0.25, 0.3) is 0 Å². The van der Waals surface area contributed by atoms with Crippen molar-refractivity contribution in [3.8, 4) is 0 Å². The molecule has 1 aromatic carbocycles. The van der Waals surface area contributed by atoms with Gasteiger partial charge in [-0.3, -0.25) is 62.5 Å². The highest BCUT2D eigenvalue weighted by molar-refractivity contribution is 7.80. The smallest absolute Gasteiger partial charge is 0.245 e. The zero-order valence-corrected chi connectivity index (χ0v) is 46.8. The van der Waals surface area contributed by atoms with Crippen molar-refractivity contribution in [2.45, 2.75) is 133 Å². The van der Waals surface area contributed by atoms with Crippen LogP contribution in [0.15, 0.2) is 35.3 Å². The molecule has 0 unspecified atom stereocenters. The van der Waals surface area contributed by atoms with E-state index in [-0.39, 0.29) is 81.4 Å². The van der Waals surface area contributed by atoms with Gasteiger partial charge in [-0.25, -0.2) is 0 Å². The molecule has 448 valence electrons. The van der Waals surface area contributed by atoms with E-state index in [1.54, 1.807) is 44.2 Å². The molecule has 0 aromatic heterocycles. The highest BCUT2D eigenvalue weighted by Gasteiger charge is 2.35. The molecule has 0 aliphatic heterocycles. The van der Waals surface area contributed by atoms with E-state index in [1.165, 1.54) is 6.92 Å². The number of hydrogen-bond acceptors (Lipinski definition) is 18. The number of hydrogen-bond donors (Lipinski definition) is 19. The molecule has 0 radical (unpaired) electrons. The summed E-state index contributed by atoms with van der Waals surface area (Å²) in [5.41, 5.74) is 27.9. The second-order valence-electron chi connectivity index (χ2n) is 18.7. The van der Waals surface area contributed by atoms with Crippen molar-refractivity contribution in [3.05, 3.63) is 35.9 Å². The van der Waals surface area contributed by atoms with Crippen molar-refractivity contribution in [1.82, 2.24) is 53.2 Å². The van der Waals surface area contributed by atoms with E-state index in [0.29, 0.717) is 12.0 Å². The van der Waals surface area contributed by atoms with Gasteiger partial charge in [0.15, 0.2) is 5.96 Å². The molecular formula is C48H80N16O14S2. The van der Waals surface area contributed by atoms with Gasteiger partial charge in [0.2, 0.25) is 70.9 Å². The van der Waals surface area contributed by atoms with Crippen LogP contribution >= 0.6 is 25.3 Å². The first-order valence-corrected chi connectivity index (χ1v) is 26.8. The summed E-state index contributed by atoms with van der Waals surface area (Å²) in [6, 6.07) is -4.45. The number of unbranched alkanes of at least 4 members (excludes halogenated alkanes) is 1. The molecule has 12 amide bonds. The van der Waals surface area contributed by atoms with Crippen molar-refractivity contribution in [2.75, 3.05) is 44.4 Å². The fourth-order valence-corrected chi connectivity index (χ4v) is 7.86. The Labute approximate surface area is 474 Å². The molecule has 0 fully saturated rings. The first kappa shape index (κ1) is 70.7. The third-order valence-electron chi connectivity index (χ3n) is 11.5. The van der Waals surface area contributed by atoms with Crippen molar-refractivity contribution in [1.29, 1.82) is 0 Å². The van der Waals surface area contributed by atoms with Crippen molar-refractivity contribution < 1.29 is 67.7 Å². The van der Waals surface area contributed by atoms with Gasteiger partial charge in [-0.2, -0.15) is 25.3 Å². The molecule has 0 saturated heterocycles. The van der Waals surface area contributed by atoms with E-state index in [9.17, 15) is 67.7 Å². The number of aliphatic hydroxyl groups is 2. The number of nitrogens with one attached hydrogen (secondary N) is 10. The molecule has 0 heterocycles. The largest absolute Gasteiger partial charge is 0.394 e. The van der Waals surface area contributed by atoms with Crippen LogP contribution in [-0.2, 0) is 64.0 Å². The van der Waals surface area contributed by atoms with Gasteiger partial charge < -0.3 is 92.0 Å². The predicted molar refractivity (Wildman–Crippen MR) is 298 cm³/mol. The van der Waals surface area contributed by atoms with Gasteiger partial charge in [0, 0.05) is 37.8 Å². The monoisotopic (exact) mass is 1170 g/mol. The third kappa shape index (κ3) is 28.0. The second-order valence-corrected chi connectivity index (χ2v) is 19.4. The Balaban J connectivity index is 3.52. The van der Waals surface area contributed by atoms with E-state index < -0.39 is 151 Å². The molecule has 0 bridgehead atoms. The average Bonchev–Trinajstić information content (AvgIpc) is 3.40. The molecule has 80 heavy (non-hydrogen) atoms. The van der Waals surface area contributed by atoms with Crippen LogP contribution in [-0.4, -0.2) is 186 Å². The molecule has 32 heteroatoms. The molecule has 0 saturated carbocycles. The summed E-state index contributed by atoms with van der Waals surface area (Å²) in [5, 5.41) is 43.9. The molecule has 22 N–H and O–H groups in total. The molecule has 30 nitrogen and oxygen atoms in total. The number of benzene rings is 1. The van der Waals surface area contributed by atoms with Gasteiger partial charge in [0.1, 0.15) is 54.4 Å². The maximum atomic E-state index is 14.4. The Hall–Kier alpha value is -7.29. The lowest BCUT2D eigenvalue weighted by Gasteiger charge is -2.28. The summed E-state index contributed by atoms with van der Waals surface area (Å²) in [7, 11) is 0. The summed E-state index contributed by atoms with van der Waals surface area (Å²) in [6.45, 7) is 2.10. The first-order chi connectivity index (χ1) is 37.8. The zero-order valence-electron chi connectivity index (χ0n) is 45.0. The number of carbonyl (C=O) groups excluding carboxylic acids is 12. The SMILES string of the molecule is CC(=O)N[C@@H](CS)C(=O)N[C@@H](CC(C)C)C(=O)N[C@@H](CCC(N)=O)C(=O)N[C@@H](CCCCN)C(=O)N[C@@H](Cc1ccccc1)C(=O)N[C@@H](CCCN=C(N)N)C(=O)NCC(=O)N[C@@H](CO)C(=O)N[C@@H](CO)C(=O)N[C@@H](CS)C(N)=O. The number of nitrogens with two attached hydrogens (primary N) is 5. The fraction of sp³-hybridized carbons (Fsp3) is 0.604. The number of rotatable bonds is 39. The maximum absolute atomic E-state index is 14.4. The number of amides is 12. The number of aliphatic imine (C=N–C) groups is 1. The highest BCUT2D eigenvalue weighted by Crippen LogP contribution is 2.11. The minimum atomic E-state index is -1.73. The van der Waals surface area contributed by atoms with Crippen LogP contribution in [0.5, 0.6) is 0 Å². The van der Waals surface area contributed by atoms with Crippen molar-refractivity contribution in [3.63, 3.8) is 0 Å². The molecule has 0 aliphatic rings. The minimum Gasteiger partial charge on any atom is -0.394 e. The van der Waals surface area contributed by atoms with Gasteiger partial charge in [0.25, 0.3) is 0 Å². The molecule has 0 aliphatic carbocycles. The molecule has 0 spiro atoms. The highest BCUT2D eigenvalue weighted by atomic mass is 32.1. The van der Waals surface area contributed by atoms with E-state index >= 15 is 0 Å². The zero-order chi connectivity index (χ0) is 60.5. The number of guanidine groups is 1. The Morgan fingerprint density at radius 3 is 1.49 bits per heavy atom. The molecule has 9 atom stereocenters. The van der Waals surface area contributed by atoms with Crippen molar-refractivity contribution in [2.24, 2.45) is 39.6 Å². The van der Waals surface area contributed by atoms with E-state index in [1.807, 2.05) is 0 Å². The van der Waals surface area contributed by atoms with Crippen LogP contribution in [0.2, 0.25) is 0 Å². The Kier molecular flexibility index (Phi) is 33.9. The number of primary amides is 2. The summed E-state index contributed by atoms with van der Waals surface area (Å²) in [4.78, 5) is 161. The van der Waals surface area contributed by atoms with E-state index in [4.69, 9.17) is 28.7 Å². The van der Waals surface area contributed by atoms with Gasteiger partial charge in [-0.15, -0.1) is 0 Å². The van der Waals surface area contributed by atoms with Crippen LogP contribution in [0.4, 0.5) is 0 Å². The van der Waals surface area contributed by atoms with Gasteiger partial charge >= 0.3 is 0 Å². The topological polar surface area (TPSA) is 508 Å². The molecule has 1 aromatic rings. The number of nitrogens with zero attached hydrogens (tertiary/aromatic N) is 1. The Morgan fingerprint density at radius 1 is 0.537 bits per heavy atom. The van der Waals surface area contributed by atoms with Crippen molar-refractivity contribution >= 4 is 102 Å². The van der Waals surface area contributed by atoms with Gasteiger partial charge in [-0.1, -0.05) is 44.2 Å². The van der Waals surface area contributed by atoms with Crippen LogP contribution in [0.1, 0.15) is 77.7 Å². The van der Waals surface area contributed by atoms with Crippen LogP contribution < -0.4 is 81.8 Å². The van der Waals surface area contributed by atoms with E-state index in [0.717, 1.165) is 0 Å².